The first kappa shape index (κ1) is 11.9. The van der Waals surface area contributed by atoms with Gasteiger partial charge in [-0.3, -0.25) is 0 Å². The highest BCUT2D eigenvalue weighted by atomic mass is 16.5. The van der Waals surface area contributed by atoms with Crippen LogP contribution in [0.2, 0.25) is 0 Å². The van der Waals surface area contributed by atoms with Gasteiger partial charge in [0.1, 0.15) is 0 Å². The minimum atomic E-state index is 0.609. The van der Waals surface area contributed by atoms with E-state index in [1.807, 2.05) is 0 Å². The highest BCUT2D eigenvalue weighted by molar-refractivity contribution is 4.58. The summed E-state index contributed by atoms with van der Waals surface area (Å²) in [5.74, 6) is 0.609. The predicted molar refractivity (Wildman–Crippen MR) is 52.2 cm³/mol. The van der Waals surface area contributed by atoms with Crippen molar-refractivity contribution in [2.45, 2.75) is 13.3 Å². The zero-order valence-corrected chi connectivity index (χ0v) is 8.55. The maximum atomic E-state index is 5.41. The van der Waals surface area contributed by atoms with Gasteiger partial charge in [-0.2, -0.15) is 0 Å². The lowest BCUT2D eigenvalue weighted by Gasteiger charge is -2.20. The lowest BCUT2D eigenvalue weighted by Crippen LogP contribution is -2.28. The second-order valence-electron chi connectivity index (χ2n) is 3.46. The van der Waals surface area contributed by atoms with Crippen molar-refractivity contribution in [3.63, 3.8) is 0 Å². The second kappa shape index (κ2) is 7.53. The van der Waals surface area contributed by atoms with Gasteiger partial charge in [0.15, 0.2) is 0 Å². The Balaban J connectivity index is 3.33. The molecule has 0 aromatic rings. The van der Waals surface area contributed by atoms with Gasteiger partial charge in [-0.1, -0.05) is 6.92 Å². The maximum Gasteiger partial charge on any atom is 0.0500 e. The lowest BCUT2D eigenvalue weighted by atomic mass is 10.2. The number of nitrogens with two attached hydrogens (primary N) is 1. The summed E-state index contributed by atoms with van der Waals surface area (Å²) >= 11 is 0. The summed E-state index contributed by atoms with van der Waals surface area (Å²) in [6, 6.07) is 0. The van der Waals surface area contributed by atoms with Crippen LogP contribution in [0.4, 0.5) is 0 Å². The van der Waals surface area contributed by atoms with Crippen molar-refractivity contribution in [2.75, 3.05) is 40.4 Å². The average Bonchev–Trinajstić information content (AvgIpc) is 2.01. The number of methoxy groups -OCH3 is 1. The number of ether oxygens (including phenoxy) is 1. The second-order valence-corrected chi connectivity index (χ2v) is 3.46. The molecular formula is C9H22N2O. The minimum absolute atomic E-state index is 0.609. The molecule has 1 unspecified atom stereocenters. The predicted octanol–water partition coefficient (Wildman–Crippen LogP) is 0.550. The zero-order chi connectivity index (χ0) is 9.40. The minimum Gasteiger partial charge on any atom is -0.384 e. The molecule has 0 spiro atoms. The van der Waals surface area contributed by atoms with Crippen molar-refractivity contribution in [1.29, 1.82) is 0 Å². The molecule has 3 nitrogen and oxygen atoms in total. The van der Waals surface area contributed by atoms with Gasteiger partial charge in [0, 0.05) is 20.3 Å². The fraction of sp³-hybridized carbons (Fsp3) is 1.00. The molecule has 0 aromatic carbocycles. The van der Waals surface area contributed by atoms with Crippen molar-refractivity contribution in [1.82, 2.24) is 4.90 Å². The first-order valence-electron chi connectivity index (χ1n) is 4.58. The molecule has 2 N–H and O–H groups in total. The maximum absolute atomic E-state index is 5.41. The topological polar surface area (TPSA) is 38.5 Å². The summed E-state index contributed by atoms with van der Waals surface area (Å²) in [6.07, 6.45) is 1.08. The Bertz CT molecular complexity index is 98.5. The fourth-order valence-electron chi connectivity index (χ4n) is 1.32. The molecular weight excluding hydrogens is 152 g/mol. The molecule has 0 amide bonds. The van der Waals surface area contributed by atoms with E-state index in [1.165, 1.54) is 0 Å². The number of hydrogen-bond donors (Lipinski definition) is 1. The van der Waals surface area contributed by atoms with Gasteiger partial charge in [0.05, 0.1) is 0 Å². The van der Waals surface area contributed by atoms with Gasteiger partial charge in [-0.25, -0.2) is 0 Å². The molecule has 0 aliphatic heterocycles. The Kier molecular flexibility index (Phi) is 7.45. The average molecular weight is 174 g/mol. The van der Waals surface area contributed by atoms with E-state index in [2.05, 4.69) is 18.9 Å². The van der Waals surface area contributed by atoms with Crippen molar-refractivity contribution in [3.8, 4) is 0 Å². The zero-order valence-electron chi connectivity index (χ0n) is 8.55. The summed E-state index contributed by atoms with van der Waals surface area (Å²) < 4.78 is 5.06. The van der Waals surface area contributed by atoms with E-state index in [-0.39, 0.29) is 0 Å². The molecule has 1 atom stereocenters. The lowest BCUT2D eigenvalue weighted by molar-refractivity contribution is 0.137. The van der Waals surface area contributed by atoms with Crippen LogP contribution >= 0.6 is 0 Å². The summed E-state index contributed by atoms with van der Waals surface area (Å²) in [6.45, 7) is 6.00. The van der Waals surface area contributed by atoms with Crippen LogP contribution in [0.5, 0.6) is 0 Å². The molecule has 3 heteroatoms. The van der Waals surface area contributed by atoms with Crippen LogP contribution < -0.4 is 5.73 Å². The van der Waals surface area contributed by atoms with Crippen molar-refractivity contribution >= 4 is 0 Å². The molecule has 12 heavy (non-hydrogen) atoms. The smallest absolute Gasteiger partial charge is 0.0500 e. The van der Waals surface area contributed by atoms with Crippen LogP contribution in [0.25, 0.3) is 0 Å². The SMILES string of the molecule is COCC(C)CN(C)CCCN. The van der Waals surface area contributed by atoms with Crippen LogP contribution in [-0.4, -0.2) is 45.3 Å². The van der Waals surface area contributed by atoms with Crippen molar-refractivity contribution in [2.24, 2.45) is 11.7 Å². The van der Waals surface area contributed by atoms with Crippen LogP contribution in [0.3, 0.4) is 0 Å². The summed E-state index contributed by atoms with van der Waals surface area (Å²) in [7, 11) is 3.87. The Hall–Kier alpha value is -0.120. The van der Waals surface area contributed by atoms with E-state index in [1.54, 1.807) is 7.11 Å². The Morgan fingerprint density at radius 1 is 1.50 bits per heavy atom. The third-order valence-electron chi connectivity index (χ3n) is 1.82. The molecule has 0 bridgehead atoms. The van der Waals surface area contributed by atoms with E-state index in [0.717, 1.165) is 32.7 Å². The van der Waals surface area contributed by atoms with Gasteiger partial charge in [0.25, 0.3) is 0 Å². The summed E-state index contributed by atoms with van der Waals surface area (Å²) in [5, 5.41) is 0. The van der Waals surface area contributed by atoms with Gasteiger partial charge >= 0.3 is 0 Å². The monoisotopic (exact) mass is 174 g/mol. The van der Waals surface area contributed by atoms with E-state index in [0.29, 0.717) is 5.92 Å². The molecule has 0 aliphatic rings. The molecule has 0 radical (unpaired) electrons. The molecule has 74 valence electrons. The van der Waals surface area contributed by atoms with Crippen LogP contribution in [-0.2, 0) is 4.74 Å². The van der Waals surface area contributed by atoms with Gasteiger partial charge in [-0.05, 0) is 32.5 Å². The molecule has 0 saturated heterocycles. The van der Waals surface area contributed by atoms with E-state index in [4.69, 9.17) is 10.5 Å². The third kappa shape index (κ3) is 6.58. The largest absolute Gasteiger partial charge is 0.384 e. The molecule has 0 fully saturated rings. The highest BCUT2D eigenvalue weighted by Crippen LogP contribution is 1.98. The Morgan fingerprint density at radius 2 is 2.17 bits per heavy atom. The molecule has 0 heterocycles. The van der Waals surface area contributed by atoms with Gasteiger partial charge in [0.2, 0.25) is 0 Å². The first-order chi connectivity index (χ1) is 5.70. The molecule has 0 aliphatic carbocycles. The summed E-state index contributed by atoms with van der Waals surface area (Å²) in [4.78, 5) is 2.30. The van der Waals surface area contributed by atoms with Crippen LogP contribution in [0, 0.1) is 5.92 Å². The van der Waals surface area contributed by atoms with Gasteiger partial charge < -0.3 is 15.4 Å². The van der Waals surface area contributed by atoms with E-state index >= 15 is 0 Å². The number of nitrogens with zero attached hydrogens (tertiary/aromatic N) is 1. The number of rotatable bonds is 7. The van der Waals surface area contributed by atoms with Crippen molar-refractivity contribution in [3.05, 3.63) is 0 Å². The fourth-order valence-corrected chi connectivity index (χ4v) is 1.32. The first-order valence-corrected chi connectivity index (χ1v) is 4.58. The van der Waals surface area contributed by atoms with E-state index in [9.17, 15) is 0 Å². The Morgan fingerprint density at radius 3 is 2.67 bits per heavy atom. The third-order valence-corrected chi connectivity index (χ3v) is 1.82. The highest BCUT2D eigenvalue weighted by Gasteiger charge is 2.04. The molecule has 0 saturated carbocycles. The van der Waals surface area contributed by atoms with E-state index < -0.39 is 0 Å². The quantitative estimate of drug-likeness (QED) is 0.612. The molecule has 0 rings (SSSR count). The van der Waals surface area contributed by atoms with Crippen LogP contribution in [0.15, 0.2) is 0 Å². The number of hydrogen-bond acceptors (Lipinski definition) is 3. The molecule has 0 aromatic heterocycles. The standard InChI is InChI=1S/C9H22N2O/c1-9(8-12-3)7-11(2)6-4-5-10/h9H,4-8,10H2,1-3H3. The van der Waals surface area contributed by atoms with Crippen LogP contribution in [0.1, 0.15) is 13.3 Å². The normalized spacial score (nSPS) is 13.8. The van der Waals surface area contributed by atoms with Crippen molar-refractivity contribution < 1.29 is 4.74 Å². The summed E-state index contributed by atoms with van der Waals surface area (Å²) in [5.41, 5.74) is 5.41. The Labute approximate surface area is 75.9 Å². The van der Waals surface area contributed by atoms with Gasteiger partial charge in [-0.15, -0.1) is 0 Å².